The fraction of sp³-hybridized carbons (Fsp3) is 0.913. The van der Waals surface area contributed by atoms with Crippen molar-refractivity contribution in [3.05, 3.63) is 12.2 Å². The monoisotopic (exact) mass is 386 g/mol. The molecule has 0 amide bonds. The van der Waals surface area contributed by atoms with Crippen LogP contribution in [0.25, 0.3) is 0 Å². The van der Waals surface area contributed by atoms with E-state index < -0.39 is 0 Å². The molecule has 2 heteroatoms. The summed E-state index contributed by atoms with van der Waals surface area (Å²) in [5, 5.41) is 1.84. The van der Waals surface area contributed by atoms with E-state index in [0.29, 0.717) is 20.6 Å². The van der Waals surface area contributed by atoms with Gasteiger partial charge in [0, 0.05) is 0 Å². The normalized spacial score (nSPS) is 15.0. The first-order valence-corrected chi connectivity index (χ1v) is 13.2. The lowest BCUT2D eigenvalue weighted by Gasteiger charge is -2.41. The van der Waals surface area contributed by atoms with Crippen LogP contribution in [-0.2, 0) is 0 Å². The van der Waals surface area contributed by atoms with Crippen molar-refractivity contribution in [2.75, 3.05) is 12.3 Å². The smallest absolute Gasteiger partial charge is 0.0174 e. The van der Waals surface area contributed by atoms with Crippen LogP contribution in [0.4, 0.5) is 0 Å². The largest absolute Gasteiger partial charge is 0.0956 e. The zero-order valence-corrected chi connectivity index (χ0v) is 21.4. The lowest BCUT2D eigenvalue weighted by Crippen LogP contribution is -2.26. The SMILES string of the molecule is CC(C)(C)P(CC/C=C/CCCP(C(C)(C)C)C(C)(C)C)C(C)(C)C. The highest BCUT2D eigenvalue weighted by atomic mass is 31.1. The highest BCUT2D eigenvalue weighted by Gasteiger charge is 2.34. The Labute approximate surface area is 163 Å². The van der Waals surface area contributed by atoms with Gasteiger partial charge >= 0.3 is 0 Å². The van der Waals surface area contributed by atoms with Crippen LogP contribution in [0, 0.1) is 0 Å². The minimum atomic E-state index is 0.0435. The van der Waals surface area contributed by atoms with Gasteiger partial charge in [0.15, 0.2) is 0 Å². The summed E-state index contributed by atoms with van der Waals surface area (Å²) >= 11 is 0. The average Bonchev–Trinajstić information content (AvgIpc) is 2.30. The molecule has 0 rings (SSSR count). The van der Waals surface area contributed by atoms with Crippen LogP contribution < -0.4 is 0 Å². The van der Waals surface area contributed by atoms with Crippen molar-refractivity contribution in [2.24, 2.45) is 0 Å². The molecule has 0 aromatic carbocycles. The van der Waals surface area contributed by atoms with Gasteiger partial charge in [-0.25, -0.2) is 0 Å². The van der Waals surface area contributed by atoms with E-state index in [1.807, 2.05) is 0 Å². The average molecular weight is 387 g/mol. The van der Waals surface area contributed by atoms with Gasteiger partial charge in [-0.2, -0.15) is 0 Å². The first kappa shape index (κ1) is 25.6. The Morgan fingerprint density at radius 3 is 1.16 bits per heavy atom. The molecule has 0 aliphatic rings. The lowest BCUT2D eigenvalue weighted by atomic mass is 10.2. The Bertz CT molecular complexity index is 366. The van der Waals surface area contributed by atoms with Crippen molar-refractivity contribution in [3.8, 4) is 0 Å². The molecule has 0 N–H and O–H groups in total. The van der Waals surface area contributed by atoms with Crippen molar-refractivity contribution >= 4 is 15.8 Å². The number of hydrogen-bond donors (Lipinski definition) is 0. The van der Waals surface area contributed by atoms with E-state index in [1.165, 1.54) is 31.6 Å². The number of rotatable bonds is 7. The molecule has 0 aromatic rings. The number of hydrogen-bond acceptors (Lipinski definition) is 0. The Morgan fingerprint density at radius 2 is 0.800 bits per heavy atom. The second kappa shape index (κ2) is 9.69. The van der Waals surface area contributed by atoms with Gasteiger partial charge < -0.3 is 0 Å². The Kier molecular flexibility index (Phi) is 9.92. The molecule has 0 saturated heterocycles. The van der Waals surface area contributed by atoms with Gasteiger partial charge in [-0.05, 0) is 52.2 Å². The van der Waals surface area contributed by atoms with E-state index in [1.54, 1.807) is 0 Å². The van der Waals surface area contributed by atoms with Crippen molar-refractivity contribution in [1.82, 2.24) is 0 Å². The van der Waals surface area contributed by atoms with Gasteiger partial charge in [0.05, 0.1) is 0 Å². The Hall–Kier alpha value is 0.600. The molecular weight excluding hydrogens is 338 g/mol. The first-order valence-electron chi connectivity index (χ1n) is 10.2. The molecule has 0 saturated carbocycles. The molecule has 0 atom stereocenters. The number of unbranched alkanes of at least 4 members (excludes halogenated alkanes) is 1. The van der Waals surface area contributed by atoms with E-state index in [4.69, 9.17) is 0 Å². The maximum Gasteiger partial charge on any atom is -0.0174 e. The second-order valence-corrected chi connectivity index (χ2v) is 19.4. The van der Waals surface area contributed by atoms with Crippen LogP contribution in [0.2, 0.25) is 0 Å². The topological polar surface area (TPSA) is 0 Å². The quantitative estimate of drug-likeness (QED) is 0.233. The minimum absolute atomic E-state index is 0.0435. The van der Waals surface area contributed by atoms with Gasteiger partial charge in [-0.3, -0.25) is 0 Å². The first-order chi connectivity index (χ1) is 11.0. The minimum Gasteiger partial charge on any atom is -0.0956 e. The van der Waals surface area contributed by atoms with Crippen molar-refractivity contribution < 1.29 is 0 Å². The van der Waals surface area contributed by atoms with Gasteiger partial charge in [-0.15, -0.1) is 0 Å². The second-order valence-electron chi connectivity index (χ2n) is 11.4. The molecule has 0 unspecified atom stereocenters. The molecule has 0 aliphatic carbocycles. The third kappa shape index (κ3) is 10.5. The van der Waals surface area contributed by atoms with Crippen LogP contribution in [0.15, 0.2) is 12.2 Å². The summed E-state index contributed by atoms with van der Waals surface area (Å²) in [7, 11) is 0.104. The third-order valence-electron chi connectivity index (χ3n) is 4.68. The summed E-state index contributed by atoms with van der Waals surface area (Å²) in [6.07, 6.45) is 11.6. The van der Waals surface area contributed by atoms with Crippen LogP contribution in [0.1, 0.15) is 102 Å². The predicted molar refractivity (Wildman–Crippen MR) is 126 cm³/mol. The molecule has 0 fully saturated rings. The highest BCUT2D eigenvalue weighted by molar-refractivity contribution is 7.61. The van der Waals surface area contributed by atoms with E-state index >= 15 is 0 Å². The van der Waals surface area contributed by atoms with Crippen molar-refractivity contribution in [2.45, 2.75) is 123 Å². The summed E-state index contributed by atoms with van der Waals surface area (Å²) in [5.74, 6) is 0. The molecule has 0 spiro atoms. The fourth-order valence-corrected chi connectivity index (χ4v) is 11.8. The van der Waals surface area contributed by atoms with E-state index in [9.17, 15) is 0 Å². The molecule has 150 valence electrons. The standard InChI is InChI=1S/C23H48P2/c1-20(2,3)24(21(4,5)6)18-16-14-13-15-17-19-25(22(7,8)9)23(10,11)12/h13-14H,15-19H2,1-12H3/b14-13+. The molecule has 0 aliphatic heterocycles. The maximum absolute atomic E-state index is 2.46. The van der Waals surface area contributed by atoms with E-state index in [0.717, 1.165) is 0 Å². The molecular formula is C23H48P2. The summed E-state index contributed by atoms with van der Waals surface area (Å²) in [6.45, 7) is 29.1. The number of allylic oxidation sites excluding steroid dienone is 2. The van der Waals surface area contributed by atoms with Crippen LogP contribution in [0.5, 0.6) is 0 Å². The molecule has 0 aromatic heterocycles. The lowest BCUT2D eigenvalue weighted by molar-refractivity contribution is 0.698. The van der Waals surface area contributed by atoms with Gasteiger partial charge in [-0.1, -0.05) is 111 Å². The van der Waals surface area contributed by atoms with Gasteiger partial charge in [0.25, 0.3) is 0 Å². The van der Waals surface area contributed by atoms with Gasteiger partial charge in [0.1, 0.15) is 0 Å². The zero-order chi connectivity index (χ0) is 20.1. The van der Waals surface area contributed by atoms with Crippen LogP contribution in [0.3, 0.4) is 0 Å². The molecule has 0 bridgehead atoms. The van der Waals surface area contributed by atoms with Crippen molar-refractivity contribution in [3.63, 3.8) is 0 Å². The summed E-state index contributed by atoms with van der Waals surface area (Å²) in [5.41, 5.74) is 0. The Morgan fingerprint density at radius 1 is 0.480 bits per heavy atom. The molecule has 0 nitrogen and oxygen atoms in total. The predicted octanol–water partition coefficient (Wildman–Crippen LogP) is 8.87. The van der Waals surface area contributed by atoms with Crippen LogP contribution in [-0.4, -0.2) is 32.9 Å². The van der Waals surface area contributed by atoms with Crippen LogP contribution >= 0.6 is 15.8 Å². The fourth-order valence-electron chi connectivity index (χ4n) is 4.16. The molecule has 0 heterocycles. The molecule has 0 radical (unpaired) electrons. The zero-order valence-electron chi connectivity index (χ0n) is 19.6. The van der Waals surface area contributed by atoms with E-state index in [2.05, 4.69) is 95.2 Å². The third-order valence-corrected chi connectivity index (χ3v) is 12.6. The van der Waals surface area contributed by atoms with Crippen molar-refractivity contribution in [1.29, 1.82) is 0 Å². The Balaban J connectivity index is 4.39. The summed E-state index contributed by atoms with van der Waals surface area (Å²) < 4.78 is 0. The maximum atomic E-state index is 2.46. The summed E-state index contributed by atoms with van der Waals surface area (Å²) in [6, 6.07) is 0. The van der Waals surface area contributed by atoms with Gasteiger partial charge in [0.2, 0.25) is 0 Å². The summed E-state index contributed by atoms with van der Waals surface area (Å²) in [4.78, 5) is 0. The molecule has 25 heavy (non-hydrogen) atoms. The van der Waals surface area contributed by atoms with E-state index in [-0.39, 0.29) is 15.8 Å². The highest BCUT2D eigenvalue weighted by Crippen LogP contribution is 2.60.